The van der Waals surface area contributed by atoms with Gasteiger partial charge in [-0.3, -0.25) is 4.79 Å². The molecule has 0 atom stereocenters. The minimum atomic E-state index is -3.39. The molecule has 2 aromatic carbocycles. The highest BCUT2D eigenvalue weighted by atomic mass is 32.2. The highest BCUT2D eigenvalue weighted by Crippen LogP contribution is 2.29. The maximum Gasteiger partial charge on any atom is 0.225 e. The largest absolute Gasteiger partial charge is 0.455 e. The zero-order valence-corrected chi connectivity index (χ0v) is 15.4. The fourth-order valence-corrected chi connectivity index (χ4v) is 3.05. The summed E-state index contributed by atoms with van der Waals surface area (Å²) in [6.45, 7) is 3.79. The Morgan fingerprint density at radius 2 is 1.81 bits per heavy atom. The van der Waals surface area contributed by atoms with Gasteiger partial charge in [-0.1, -0.05) is 36.4 Å². The first-order valence-corrected chi connectivity index (χ1v) is 9.93. The Kier molecular flexibility index (Phi) is 6.94. The first kappa shape index (κ1) is 19.7. The van der Waals surface area contributed by atoms with Crippen LogP contribution in [0.4, 0.5) is 5.69 Å². The number of nitrogens with zero attached hydrogens (tertiary/aromatic N) is 1. The molecule has 0 heterocycles. The van der Waals surface area contributed by atoms with E-state index in [-0.39, 0.29) is 25.4 Å². The Bertz CT molecular complexity index is 851. The highest BCUT2D eigenvalue weighted by Gasteiger charge is 2.17. The Hall–Kier alpha value is -2.64. The molecular weight excluding hydrogens is 352 g/mol. The number of amides is 1. The van der Waals surface area contributed by atoms with Gasteiger partial charge < -0.3 is 10.1 Å². The van der Waals surface area contributed by atoms with E-state index in [0.717, 1.165) is 6.26 Å². The van der Waals surface area contributed by atoms with E-state index < -0.39 is 10.0 Å². The van der Waals surface area contributed by atoms with Crippen LogP contribution in [-0.2, 0) is 14.8 Å². The van der Waals surface area contributed by atoms with Crippen LogP contribution in [0.1, 0.15) is 6.42 Å². The number of sulfonamides is 1. The van der Waals surface area contributed by atoms with Gasteiger partial charge in [-0.2, -0.15) is 4.31 Å². The van der Waals surface area contributed by atoms with Crippen molar-refractivity contribution < 1.29 is 17.9 Å². The summed E-state index contributed by atoms with van der Waals surface area (Å²) in [5.41, 5.74) is 0.524. The number of para-hydroxylation sites is 3. The van der Waals surface area contributed by atoms with Crippen LogP contribution in [0.5, 0.6) is 11.5 Å². The molecule has 0 unspecified atom stereocenters. The van der Waals surface area contributed by atoms with Gasteiger partial charge in [-0.15, -0.1) is 6.58 Å². The summed E-state index contributed by atoms with van der Waals surface area (Å²) in [4.78, 5) is 12.2. The van der Waals surface area contributed by atoms with Crippen molar-refractivity contribution in [3.8, 4) is 11.5 Å². The summed E-state index contributed by atoms with van der Waals surface area (Å²) in [6, 6.07) is 16.3. The molecule has 6 nitrogen and oxygen atoms in total. The molecule has 0 aliphatic rings. The summed E-state index contributed by atoms with van der Waals surface area (Å²) in [6.07, 6.45) is 2.62. The molecule has 0 fully saturated rings. The second kappa shape index (κ2) is 9.17. The first-order chi connectivity index (χ1) is 12.4. The Morgan fingerprint density at radius 3 is 2.46 bits per heavy atom. The molecule has 1 N–H and O–H groups in total. The summed E-state index contributed by atoms with van der Waals surface area (Å²) < 4.78 is 30.3. The monoisotopic (exact) mass is 374 g/mol. The predicted octanol–water partition coefficient (Wildman–Crippen LogP) is 3.26. The van der Waals surface area contributed by atoms with Gasteiger partial charge >= 0.3 is 0 Å². The van der Waals surface area contributed by atoms with Crippen molar-refractivity contribution in [1.29, 1.82) is 0 Å². The molecule has 0 bridgehead atoms. The molecule has 2 aromatic rings. The number of hydrogen-bond donors (Lipinski definition) is 1. The summed E-state index contributed by atoms with van der Waals surface area (Å²) in [5.74, 6) is 0.869. The molecular formula is C19H22N2O4S. The van der Waals surface area contributed by atoms with Crippen LogP contribution in [-0.4, -0.2) is 38.0 Å². The highest BCUT2D eigenvalue weighted by molar-refractivity contribution is 7.88. The van der Waals surface area contributed by atoms with Gasteiger partial charge in [0.15, 0.2) is 5.75 Å². The molecule has 0 radical (unpaired) electrons. The number of ether oxygens (including phenoxy) is 1. The van der Waals surface area contributed by atoms with Crippen LogP contribution < -0.4 is 10.1 Å². The van der Waals surface area contributed by atoms with Crippen molar-refractivity contribution in [3.05, 3.63) is 67.3 Å². The quantitative estimate of drug-likeness (QED) is 0.684. The maximum absolute atomic E-state index is 12.2. The van der Waals surface area contributed by atoms with Gasteiger partial charge in [-0.05, 0) is 24.3 Å². The molecule has 0 aliphatic heterocycles. The third-order valence-corrected chi connectivity index (χ3v) is 4.79. The van der Waals surface area contributed by atoms with Crippen LogP contribution in [0.2, 0.25) is 0 Å². The first-order valence-electron chi connectivity index (χ1n) is 8.08. The number of anilines is 1. The maximum atomic E-state index is 12.2. The molecule has 0 saturated heterocycles. The lowest BCUT2D eigenvalue weighted by Gasteiger charge is -2.18. The van der Waals surface area contributed by atoms with Crippen molar-refractivity contribution in [3.63, 3.8) is 0 Å². The van der Waals surface area contributed by atoms with E-state index in [9.17, 15) is 13.2 Å². The smallest absolute Gasteiger partial charge is 0.225 e. The lowest BCUT2D eigenvalue weighted by molar-refractivity contribution is -0.116. The van der Waals surface area contributed by atoms with E-state index in [4.69, 9.17) is 4.74 Å². The van der Waals surface area contributed by atoms with Crippen molar-refractivity contribution in [2.24, 2.45) is 0 Å². The lowest BCUT2D eigenvalue weighted by atomic mass is 10.2. The zero-order chi connectivity index (χ0) is 19.0. The Morgan fingerprint density at radius 1 is 1.15 bits per heavy atom. The summed E-state index contributed by atoms with van der Waals surface area (Å²) >= 11 is 0. The standard InChI is InChI=1S/C19H22N2O4S/c1-3-14-21(26(2,23)24)15-13-19(22)20-17-11-7-8-12-18(17)25-16-9-5-4-6-10-16/h3-12H,1,13-15H2,2H3,(H,20,22). The molecule has 26 heavy (non-hydrogen) atoms. The van der Waals surface area contributed by atoms with E-state index in [2.05, 4.69) is 11.9 Å². The van der Waals surface area contributed by atoms with E-state index in [1.54, 1.807) is 18.2 Å². The molecule has 2 rings (SSSR count). The SMILES string of the molecule is C=CCN(CCC(=O)Nc1ccccc1Oc1ccccc1)S(C)(=O)=O. The van der Waals surface area contributed by atoms with E-state index in [1.807, 2.05) is 36.4 Å². The van der Waals surface area contributed by atoms with Gasteiger partial charge in [0.05, 0.1) is 11.9 Å². The minimum Gasteiger partial charge on any atom is -0.455 e. The number of carbonyl (C=O) groups excluding carboxylic acids is 1. The van der Waals surface area contributed by atoms with Gasteiger partial charge in [0.2, 0.25) is 15.9 Å². The zero-order valence-electron chi connectivity index (χ0n) is 14.6. The minimum absolute atomic E-state index is 0.0284. The number of nitrogens with one attached hydrogen (secondary N) is 1. The fraction of sp³-hybridized carbons (Fsp3) is 0.211. The second-order valence-corrected chi connectivity index (χ2v) is 7.60. The normalized spacial score (nSPS) is 11.2. The summed E-state index contributed by atoms with van der Waals surface area (Å²) in [5, 5.41) is 2.77. The van der Waals surface area contributed by atoms with E-state index in [0.29, 0.717) is 17.2 Å². The average molecular weight is 374 g/mol. The third-order valence-electron chi connectivity index (χ3n) is 3.52. The molecule has 0 spiro atoms. The van der Waals surface area contributed by atoms with Crippen LogP contribution in [0, 0.1) is 0 Å². The fourth-order valence-electron chi connectivity index (χ4n) is 2.25. The second-order valence-electron chi connectivity index (χ2n) is 5.62. The van der Waals surface area contributed by atoms with Crippen LogP contribution in [0.25, 0.3) is 0 Å². The number of rotatable bonds is 9. The lowest BCUT2D eigenvalue weighted by Crippen LogP contribution is -2.33. The van der Waals surface area contributed by atoms with E-state index >= 15 is 0 Å². The van der Waals surface area contributed by atoms with Crippen LogP contribution in [0.15, 0.2) is 67.3 Å². The molecule has 0 aromatic heterocycles. The molecule has 1 amide bonds. The molecule has 7 heteroatoms. The third kappa shape index (κ3) is 6.02. The van der Waals surface area contributed by atoms with Gasteiger partial charge in [0.25, 0.3) is 0 Å². The molecule has 0 aliphatic carbocycles. The van der Waals surface area contributed by atoms with Crippen molar-refractivity contribution >= 4 is 21.6 Å². The Labute approximate surface area is 154 Å². The summed E-state index contributed by atoms with van der Waals surface area (Å²) in [7, 11) is -3.39. The number of hydrogen-bond acceptors (Lipinski definition) is 4. The molecule has 0 saturated carbocycles. The van der Waals surface area contributed by atoms with Crippen molar-refractivity contribution in [1.82, 2.24) is 4.31 Å². The van der Waals surface area contributed by atoms with Gasteiger partial charge in [0.1, 0.15) is 5.75 Å². The van der Waals surface area contributed by atoms with Gasteiger partial charge in [-0.25, -0.2) is 8.42 Å². The van der Waals surface area contributed by atoms with Crippen molar-refractivity contribution in [2.45, 2.75) is 6.42 Å². The Balaban J connectivity index is 2.02. The average Bonchev–Trinajstić information content (AvgIpc) is 2.60. The van der Waals surface area contributed by atoms with Crippen LogP contribution >= 0.6 is 0 Å². The molecule has 138 valence electrons. The topological polar surface area (TPSA) is 75.7 Å². The number of carbonyl (C=O) groups is 1. The number of benzene rings is 2. The predicted molar refractivity (Wildman–Crippen MR) is 103 cm³/mol. The van der Waals surface area contributed by atoms with Crippen LogP contribution in [0.3, 0.4) is 0 Å². The van der Waals surface area contributed by atoms with Crippen molar-refractivity contribution in [2.75, 3.05) is 24.7 Å². The van der Waals surface area contributed by atoms with Gasteiger partial charge in [0, 0.05) is 19.5 Å². The van der Waals surface area contributed by atoms with E-state index in [1.165, 1.54) is 10.4 Å².